The molecule has 7 heteroatoms. The lowest BCUT2D eigenvalue weighted by molar-refractivity contribution is -0.130. The van der Waals surface area contributed by atoms with Gasteiger partial charge in [-0.2, -0.15) is 0 Å². The quantitative estimate of drug-likeness (QED) is 0.819. The molecule has 0 saturated heterocycles. The van der Waals surface area contributed by atoms with Crippen molar-refractivity contribution in [2.24, 2.45) is 0 Å². The highest BCUT2D eigenvalue weighted by Gasteiger charge is 2.17. The number of amides is 1. The zero-order chi connectivity index (χ0) is 17.7. The topological polar surface area (TPSA) is 66.5 Å². The van der Waals surface area contributed by atoms with Crippen molar-refractivity contribution in [2.75, 3.05) is 13.6 Å². The van der Waals surface area contributed by atoms with Crippen LogP contribution in [0, 0.1) is 13.8 Å². The summed E-state index contributed by atoms with van der Waals surface area (Å²) in [5.74, 6) is -0.0910. The molecule has 0 aliphatic rings. The first-order chi connectivity index (χ1) is 11.3. The zero-order valence-corrected chi connectivity index (χ0v) is 15.7. The second kappa shape index (κ2) is 7.92. The van der Waals surface area contributed by atoms with Crippen molar-refractivity contribution in [2.45, 2.75) is 31.7 Å². The van der Waals surface area contributed by atoms with Gasteiger partial charge in [-0.1, -0.05) is 23.8 Å². The third-order valence-electron chi connectivity index (χ3n) is 3.65. The second-order valence-corrected chi connectivity index (χ2v) is 8.51. The number of carbonyl (C=O) groups excluding carboxylic acids is 1. The van der Waals surface area contributed by atoms with Crippen LogP contribution in [0.25, 0.3) is 0 Å². The zero-order valence-electron chi connectivity index (χ0n) is 14.1. The largest absolute Gasteiger partial charge is 0.341 e. The van der Waals surface area contributed by atoms with E-state index in [-0.39, 0.29) is 23.8 Å². The highest BCUT2D eigenvalue weighted by Crippen LogP contribution is 2.16. The van der Waals surface area contributed by atoms with Gasteiger partial charge in [-0.25, -0.2) is 13.1 Å². The van der Waals surface area contributed by atoms with E-state index in [2.05, 4.69) is 4.72 Å². The van der Waals surface area contributed by atoms with Crippen molar-refractivity contribution in [1.82, 2.24) is 9.62 Å². The molecule has 2 aromatic rings. The van der Waals surface area contributed by atoms with Crippen molar-refractivity contribution < 1.29 is 13.2 Å². The number of hydrogen-bond donors (Lipinski definition) is 1. The Bertz CT molecular complexity index is 799. The van der Waals surface area contributed by atoms with Gasteiger partial charge in [0.25, 0.3) is 0 Å². The first kappa shape index (κ1) is 18.6. The monoisotopic (exact) mass is 366 g/mol. The molecule has 1 aromatic carbocycles. The lowest BCUT2D eigenvalue weighted by atomic mass is 10.2. The lowest BCUT2D eigenvalue weighted by Crippen LogP contribution is -2.32. The van der Waals surface area contributed by atoms with Crippen LogP contribution in [-0.2, 0) is 21.4 Å². The first-order valence-electron chi connectivity index (χ1n) is 7.63. The molecule has 0 fully saturated rings. The molecule has 1 N–H and O–H groups in total. The molecule has 0 aliphatic carbocycles. The van der Waals surface area contributed by atoms with E-state index in [1.54, 1.807) is 42.3 Å². The number of nitrogens with one attached hydrogen (secondary N) is 1. The number of thiophene rings is 1. The molecule has 0 aliphatic heterocycles. The highest BCUT2D eigenvalue weighted by molar-refractivity contribution is 7.89. The van der Waals surface area contributed by atoms with Crippen LogP contribution in [0.4, 0.5) is 0 Å². The predicted octanol–water partition coefficient (Wildman–Crippen LogP) is 2.69. The molecule has 0 unspecified atom stereocenters. The molecule has 0 radical (unpaired) electrons. The van der Waals surface area contributed by atoms with Crippen molar-refractivity contribution in [3.8, 4) is 0 Å². The summed E-state index contributed by atoms with van der Waals surface area (Å²) in [5.41, 5.74) is 1.71. The third kappa shape index (κ3) is 4.90. The van der Waals surface area contributed by atoms with Crippen LogP contribution >= 0.6 is 11.3 Å². The minimum atomic E-state index is -3.60. The molecule has 1 aromatic heterocycles. The number of benzene rings is 1. The van der Waals surface area contributed by atoms with Crippen molar-refractivity contribution >= 4 is 27.3 Å². The van der Waals surface area contributed by atoms with E-state index >= 15 is 0 Å². The maximum atomic E-state index is 12.3. The third-order valence-corrected chi connectivity index (χ3v) is 6.13. The summed E-state index contributed by atoms with van der Waals surface area (Å²) in [6.45, 7) is 4.31. The standard InChI is InChI=1S/C17H22N2O3S2/c1-13-6-7-16(14(2)11-13)24(21,22)18-9-8-17(20)19(3)12-15-5-4-10-23-15/h4-7,10-11,18H,8-9,12H2,1-3H3. The molecule has 24 heavy (non-hydrogen) atoms. The van der Waals surface area contributed by atoms with Gasteiger partial charge in [0, 0.05) is 24.9 Å². The molecule has 0 spiro atoms. The van der Waals surface area contributed by atoms with Crippen molar-refractivity contribution in [1.29, 1.82) is 0 Å². The highest BCUT2D eigenvalue weighted by atomic mass is 32.2. The average Bonchev–Trinajstić information content (AvgIpc) is 2.99. The van der Waals surface area contributed by atoms with E-state index in [1.807, 2.05) is 30.5 Å². The van der Waals surface area contributed by atoms with E-state index in [4.69, 9.17) is 0 Å². The molecular weight excluding hydrogens is 344 g/mol. The maximum Gasteiger partial charge on any atom is 0.240 e. The summed E-state index contributed by atoms with van der Waals surface area (Å²) in [6, 6.07) is 9.10. The van der Waals surface area contributed by atoms with Gasteiger partial charge in [-0.05, 0) is 36.9 Å². The maximum absolute atomic E-state index is 12.3. The molecule has 5 nitrogen and oxygen atoms in total. The van der Waals surface area contributed by atoms with Crippen LogP contribution in [0.15, 0.2) is 40.6 Å². The summed E-state index contributed by atoms with van der Waals surface area (Å²) in [7, 11) is -1.87. The molecule has 0 atom stereocenters. The molecule has 0 bridgehead atoms. The smallest absolute Gasteiger partial charge is 0.240 e. The molecule has 1 amide bonds. The molecule has 0 saturated carbocycles. The summed E-state index contributed by atoms with van der Waals surface area (Å²) in [4.78, 5) is 15.1. The first-order valence-corrected chi connectivity index (χ1v) is 9.99. The van der Waals surface area contributed by atoms with Gasteiger partial charge in [-0.3, -0.25) is 4.79 Å². The molecule has 2 rings (SSSR count). The summed E-state index contributed by atoms with van der Waals surface area (Å²) < 4.78 is 27.2. The predicted molar refractivity (Wildman–Crippen MR) is 96.5 cm³/mol. The fourth-order valence-electron chi connectivity index (χ4n) is 2.39. The van der Waals surface area contributed by atoms with E-state index in [9.17, 15) is 13.2 Å². The van der Waals surface area contributed by atoms with Crippen LogP contribution < -0.4 is 4.72 Å². The second-order valence-electron chi connectivity index (χ2n) is 5.75. The minimum Gasteiger partial charge on any atom is -0.341 e. The van der Waals surface area contributed by atoms with E-state index < -0.39 is 10.0 Å². The van der Waals surface area contributed by atoms with Gasteiger partial charge >= 0.3 is 0 Å². The number of nitrogens with zero attached hydrogens (tertiary/aromatic N) is 1. The Hall–Kier alpha value is -1.70. The average molecular weight is 367 g/mol. The number of aryl methyl sites for hydroxylation is 2. The Kier molecular flexibility index (Phi) is 6.15. The van der Waals surface area contributed by atoms with E-state index in [1.165, 1.54) is 0 Å². The van der Waals surface area contributed by atoms with Gasteiger partial charge in [0.15, 0.2) is 0 Å². The Morgan fingerprint density at radius 1 is 1.25 bits per heavy atom. The summed E-state index contributed by atoms with van der Waals surface area (Å²) in [6.07, 6.45) is 0.131. The Morgan fingerprint density at radius 3 is 2.62 bits per heavy atom. The SMILES string of the molecule is Cc1ccc(S(=O)(=O)NCCC(=O)N(C)Cc2cccs2)c(C)c1. The van der Waals surface area contributed by atoms with Crippen LogP contribution in [0.3, 0.4) is 0 Å². The fraction of sp³-hybridized carbons (Fsp3) is 0.353. The van der Waals surface area contributed by atoms with Gasteiger partial charge in [-0.15, -0.1) is 11.3 Å². The van der Waals surface area contributed by atoms with E-state index in [0.717, 1.165) is 10.4 Å². The molecule has 130 valence electrons. The van der Waals surface area contributed by atoms with Crippen LogP contribution in [0.1, 0.15) is 22.4 Å². The number of rotatable bonds is 7. The normalized spacial score (nSPS) is 11.5. The molecular formula is C17H22N2O3S2. The van der Waals surface area contributed by atoms with Crippen LogP contribution in [0.2, 0.25) is 0 Å². The number of hydrogen-bond acceptors (Lipinski definition) is 4. The lowest BCUT2D eigenvalue weighted by Gasteiger charge is -2.16. The van der Waals surface area contributed by atoms with Crippen LogP contribution in [0.5, 0.6) is 0 Å². The van der Waals surface area contributed by atoms with Crippen LogP contribution in [-0.4, -0.2) is 32.8 Å². The van der Waals surface area contributed by atoms with Gasteiger partial charge < -0.3 is 4.90 Å². The number of carbonyl (C=O) groups is 1. The Labute approximate surface area is 147 Å². The molecule has 1 heterocycles. The van der Waals surface area contributed by atoms with Crippen molar-refractivity contribution in [3.63, 3.8) is 0 Å². The number of sulfonamides is 1. The minimum absolute atomic E-state index is 0.0866. The van der Waals surface area contributed by atoms with Crippen molar-refractivity contribution in [3.05, 3.63) is 51.7 Å². The van der Waals surface area contributed by atoms with Gasteiger partial charge in [0.2, 0.25) is 15.9 Å². The summed E-state index contributed by atoms with van der Waals surface area (Å²) in [5, 5.41) is 1.96. The van der Waals surface area contributed by atoms with Gasteiger partial charge in [0.1, 0.15) is 0 Å². The fourth-order valence-corrected chi connectivity index (χ4v) is 4.40. The van der Waals surface area contributed by atoms with Gasteiger partial charge in [0.05, 0.1) is 11.4 Å². The Morgan fingerprint density at radius 2 is 2.00 bits per heavy atom. The van der Waals surface area contributed by atoms with E-state index in [0.29, 0.717) is 12.1 Å². The Balaban J connectivity index is 1.89. The summed E-state index contributed by atoms with van der Waals surface area (Å²) >= 11 is 1.59.